The molecule has 9 heteroatoms. The summed E-state index contributed by atoms with van der Waals surface area (Å²) < 4.78 is 45.7. The Balaban J connectivity index is 0.0000336. The van der Waals surface area contributed by atoms with E-state index in [1.54, 1.807) is 12.2 Å². The summed E-state index contributed by atoms with van der Waals surface area (Å²) in [5.41, 5.74) is -0.439. The zero-order valence-electron chi connectivity index (χ0n) is 38.3. The van der Waals surface area contributed by atoms with Crippen LogP contribution in [0.4, 0.5) is 0 Å². The molecule has 1 aromatic carbocycles. The monoisotopic (exact) mass is 869 g/mol. The Hall–Kier alpha value is -0.814. The van der Waals surface area contributed by atoms with Crippen molar-refractivity contribution >= 4 is 22.1 Å². The van der Waals surface area contributed by atoms with E-state index in [4.69, 9.17) is 9.47 Å². The predicted octanol–water partition coefficient (Wildman–Crippen LogP) is 12.3. The number of benzene rings is 1. The molecule has 0 bridgehead atoms. The first-order chi connectivity index (χ1) is 28.3. The van der Waals surface area contributed by atoms with Gasteiger partial charge in [0.25, 0.3) is 0 Å². The molecule has 7 nitrogen and oxygen atoms in total. The Kier molecular flexibility index (Phi) is 41.9. The quantitative estimate of drug-likeness (QED) is 0.0212. The first-order valence-electron chi connectivity index (χ1n) is 24.0. The Morgan fingerprint density at radius 2 is 0.746 bits per heavy atom. The molecule has 0 aromatic heterocycles. The second kappa shape index (κ2) is 42.5. The van der Waals surface area contributed by atoms with Crippen LogP contribution in [0.5, 0.6) is 0 Å². The number of ether oxygens (including phenoxy) is 2. The molecule has 1 aromatic rings. The van der Waals surface area contributed by atoms with E-state index in [1.807, 2.05) is 12.2 Å². The molecule has 0 heterocycles. The van der Waals surface area contributed by atoms with Crippen molar-refractivity contribution in [3.8, 4) is 0 Å². The fourth-order valence-corrected chi connectivity index (χ4v) is 7.92. The summed E-state index contributed by atoms with van der Waals surface area (Å²) in [6.07, 6.45) is 51.8. The van der Waals surface area contributed by atoms with Crippen LogP contribution in [-0.4, -0.2) is 38.1 Å². The van der Waals surface area contributed by atoms with Gasteiger partial charge in [-0.3, -0.25) is 0 Å². The van der Waals surface area contributed by atoms with Crippen LogP contribution in [0.15, 0.2) is 47.4 Å². The maximum atomic E-state index is 12.9. The number of hydrogen-bond acceptors (Lipinski definition) is 7. The smallest absolute Gasteiger partial charge is 0.744 e. The Morgan fingerprint density at radius 3 is 1.05 bits per heavy atom. The maximum absolute atomic E-state index is 12.9. The number of esters is 2. The van der Waals surface area contributed by atoms with Crippen LogP contribution < -0.4 is 51.4 Å². The molecule has 59 heavy (non-hydrogen) atoms. The van der Waals surface area contributed by atoms with Crippen LogP contribution in [-0.2, 0) is 19.6 Å². The van der Waals surface area contributed by atoms with Gasteiger partial charge in [-0.15, -0.1) is 0 Å². The molecule has 0 atom stereocenters. The molecule has 0 aliphatic rings. The molecule has 0 fully saturated rings. The summed E-state index contributed by atoms with van der Waals surface area (Å²) in [7, 11) is -4.84. The molecule has 0 aliphatic heterocycles. The Bertz CT molecular complexity index is 1310. The van der Waals surface area contributed by atoms with Gasteiger partial charge < -0.3 is 14.0 Å². The average molecular weight is 869 g/mol. The minimum absolute atomic E-state index is 0. The van der Waals surface area contributed by atoms with Crippen LogP contribution in [0.3, 0.4) is 0 Å². The van der Waals surface area contributed by atoms with Gasteiger partial charge in [-0.05, 0) is 43.9 Å². The SMILES string of the molecule is CCCCCCCCCCCCCCCCCC/C=C/COC(=O)c1ccc(S(=O)(=O)[O-])cc1C(=O)OC/C=C/CCCCCCCCCCCCCCCCCC.[K+]. The maximum Gasteiger partial charge on any atom is 1.00 e. The largest absolute Gasteiger partial charge is 1.00 e. The van der Waals surface area contributed by atoms with Gasteiger partial charge in [0.1, 0.15) is 23.3 Å². The third-order valence-electron chi connectivity index (χ3n) is 11.1. The van der Waals surface area contributed by atoms with E-state index in [0.717, 1.165) is 43.9 Å². The number of carbonyl (C=O) groups excluding carboxylic acids is 2. The number of allylic oxidation sites excluding steroid dienone is 2. The third-order valence-corrected chi connectivity index (χ3v) is 12.0. The molecular formula is C50H85KO7S. The van der Waals surface area contributed by atoms with Gasteiger partial charge in [0.05, 0.1) is 16.0 Å². The molecule has 0 radical (unpaired) electrons. The molecule has 0 spiro atoms. The predicted molar refractivity (Wildman–Crippen MR) is 242 cm³/mol. The minimum atomic E-state index is -4.84. The number of carbonyl (C=O) groups is 2. The van der Waals surface area contributed by atoms with Gasteiger partial charge in [-0.25, -0.2) is 18.0 Å². The van der Waals surface area contributed by atoms with Crippen molar-refractivity contribution in [1.82, 2.24) is 0 Å². The molecular weight excluding hydrogens is 784 g/mol. The Morgan fingerprint density at radius 1 is 0.458 bits per heavy atom. The number of rotatable bonds is 41. The van der Waals surface area contributed by atoms with Crippen LogP contribution in [0.25, 0.3) is 0 Å². The first-order valence-corrected chi connectivity index (χ1v) is 25.5. The van der Waals surface area contributed by atoms with E-state index in [0.29, 0.717) is 0 Å². The van der Waals surface area contributed by atoms with Crippen molar-refractivity contribution in [2.45, 2.75) is 237 Å². The number of unbranched alkanes of at least 4 members (excludes halogenated alkanes) is 32. The minimum Gasteiger partial charge on any atom is -0.744 e. The van der Waals surface area contributed by atoms with Crippen LogP contribution >= 0.6 is 0 Å². The van der Waals surface area contributed by atoms with E-state index in [9.17, 15) is 22.6 Å². The van der Waals surface area contributed by atoms with E-state index < -0.39 is 27.0 Å². The zero-order chi connectivity index (χ0) is 42.2. The van der Waals surface area contributed by atoms with Crippen LogP contribution in [0.1, 0.15) is 253 Å². The van der Waals surface area contributed by atoms with E-state index in [1.165, 1.54) is 193 Å². The zero-order valence-corrected chi connectivity index (χ0v) is 42.2. The third kappa shape index (κ3) is 35.4. The molecule has 0 saturated heterocycles. The average Bonchev–Trinajstić information content (AvgIpc) is 3.21. The van der Waals surface area contributed by atoms with Gasteiger partial charge in [-0.2, -0.15) is 0 Å². The second-order valence-electron chi connectivity index (χ2n) is 16.5. The normalized spacial score (nSPS) is 11.7. The molecule has 0 unspecified atom stereocenters. The van der Waals surface area contributed by atoms with Gasteiger partial charge in [0.2, 0.25) is 0 Å². The van der Waals surface area contributed by atoms with Crippen molar-refractivity contribution in [3.63, 3.8) is 0 Å². The summed E-state index contributed by atoms with van der Waals surface area (Å²) in [5.74, 6) is -1.67. The van der Waals surface area contributed by atoms with Gasteiger partial charge in [0, 0.05) is 0 Å². The first kappa shape index (κ1) is 58.2. The van der Waals surface area contributed by atoms with Gasteiger partial charge in [0.15, 0.2) is 0 Å². The fraction of sp³-hybridized carbons (Fsp3) is 0.760. The van der Waals surface area contributed by atoms with E-state index in [2.05, 4.69) is 13.8 Å². The molecule has 0 saturated carbocycles. The Labute approximate surface area is 405 Å². The number of hydrogen-bond donors (Lipinski definition) is 0. The van der Waals surface area contributed by atoms with Crippen LogP contribution in [0, 0.1) is 0 Å². The van der Waals surface area contributed by atoms with Crippen molar-refractivity contribution < 1.29 is 83.4 Å². The summed E-state index contributed by atoms with van der Waals surface area (Å²) in [6.45, 7) is 4.53. The van der Waals surface area contributed by atoms with Crippen LogP contribution in [0.2, 0.25) is 0 Å². The second-order valence-corrected chi connectivity index (χ2v) is 17.9. The summed E-state index contributed by atoms with van der Waals surface area (Å²) >= 11 is 0. The topological polar surface area (TPSA) is 110 Å². The molecule has 0 N–H and O–H groups in total. The molecule has 0 amide bonds. The van der Waals surface area contributed by atoms with Gasteiger partial charge in [-0.1, -0.05) is 231 Å². The summed E-state index contributed by atoms with van der Waals surface area (Å²) in [6, 6.07) is 3.05. The molecule has 1 rings (SSSR count). The van der Waals surface area contributed by atoms with Crippen molar-refractivity contribution in [1.29, 1.82) is 0 Å². The molecule has 334 valence electrons. The standard InChI is InChI=1S/C50H86O7S.K/c1-3-5-7-9-11-13-15-17-19-21-23-25-27-29-31-33-35-37-39-43-56-49(51)47-42-41-46(58(53,54)55)45-48(47)50(52)57-44-40-38-36-34-32-30-28-26-24-22-20-18-16-14-12-10-8-6-4-2;/h37-42,45H,3-36,43-44H2,1-2H3,(H,53,54,55);/q;+1/p-1/b39-37+,40-38+;. The summed E-state index contributed by atoms with van der Waals surface area (Å²) in [5, 5.41) is 0. The van der Waals surface area contributed by atoms with Crippen molar-refractivity contribution in [2.24, 2.45) is 0 Å². The van der Waals surface area contributed by atoms with Crippen molar-refractivity contribution in [3.05, 3.63) is 53.6 Å². The van der Waals surface area contributed by atoms with Crippen molar-refractivity contribution in [2.75, 3.05) is 13.2 Å². The van der Waals surface area contributed by atoms with E-state index >= 15 is 0 Å². The fourth-order valence-electron chi connectivity index (χ4n) is 7.42. The summed E-state index contributed by atoms with van der Waals surface area (Å²) in [4.78, 5) is 25.2. The van der Waals surface area contributed by atoms with E-state index in [-0.39, 0.29) is 75.7 Å². The van der Waals surface area contributed by atoms with Gasteiger partial charge >= 0.3 is 63.3 Å². The molecule has 0 aliphatic carbocycles.